The summed E-state index contributed by atoms with van der Waals surface area (Å²) in [5.41, 5.74) is 1.52. The van der Waals surface area contributed by atoms with Gasteiger partial charge in [0.25, 0.3) is 5.69 Å². The Bertz CT molecular complexity index is 762. The lowest BCUT2D eigenvalue weighted by Gasteiger charge is -2.12. The molecule has 0 unspecified atom stereocenters. The van der Waals surface area contributed by atoms with Crippen molar-refractivity contribution in [3.05, 3.63) is 62.7 Å². The molecule has 0 saturated carbocycles. The van der Waals surface area contributed by atoms with Crippen LogP contribution in [0.4, 0.5) is 11.4 Å². The van der Waals surface area contributed by atoms with Gasteiger partial charge in [0.15, 0.2) is 0 Å². The summed E-state index contributed by atoms with van der Waals surface area (Å²) < 4.78 is 5.19. The fourth-order valence-electron chi connectivity index (χ4n) is 2.14. The molecule has 0 aliphatic heterocycles. The molecule has 120 valence electrons. The summed E-state index contributed by atoms with van der Waals surface area (Å²) in [5, 5.41) is 14.2. The number of amides is 1. The zero-order valence-corrected chi connectivity index (χ0v) is 13.4. The van der Waals surface area contributed by atoms with Crippen LogP contribution in [0.1, 0.15) is 11.1 Å². The number of benzene rings is 2. The Morgan fingerprint density at radius 3 is 2.70 bits per heavy atom. The first-order chi connectivity index (χ1) is 10.9. The summed E-state index contributed by atoms with van der Waals surface area (Å²) in [4.78, 5) is 22.7. The predicted molar refractivity (Wildman–Crippen MR) is 88.2 cm³/mol. The maximum absolute atomic E-state index is 12.2. The zero-order chi connectivity index (χ0) is 17.0. The van der Waals surface area contributed by atoms with Crippen LogP contribution >= 0.6 is 11.6 Å². The second kappa shape index (κ2) is 7.11. The van der Waals surface area contributed by atoms with Gasteiger partial charge in [-0.2, -0.15) is 0 Å². The normalized spacial score (nSPS) is 10.2. The molecule has 2 rings (SSSR count). The van der Waals surface area contributed by atoms with E-state index in [2.05, 4.69) is 5.32 Å². The topological polar surface area (TPSA) is 81.5 Å². The quantitative estimate of drug-likeness (QED) is 0.667. The Morgan fingerprint density at radius 2 is 2.04 bits per heavy atom. The van der Waals surface area contributed by atoms with E-state index in [1.165, 1.54) is 13.2 Å². The van der Waals surface area contributed by atoms with Crippen molar-refractivity contribution >= 4 is 28.9 Å². The van der Waals surface area contributed by atoms with E-state index in [0.29, 0.717) is 22.0 Å². The van der Waals surface area contributed by atoms with Crippen LogP contribution in [0.3, 0.4) is 0 Å². The van der Waals surface area contributed by atoms with Crippen LogP contribution < -0.4 is 10.1 Å². The van der Waals surface area contributed by atoms with Gasteiger partial charge in [-0.1, -0.05) is 29.8 Å². The van der Waals surface area contributed by atoms with E-state index in [9.17, 15) is 14.9 Å². The van der Waals surface area contributed by atoms with E-state index >= 15 is 0 Å². The SMILES string of the molecule is COc1cc(Cl)c(C)cc1NC(=O)Cc1ccccc1[N+](=O)[O-]. The highest BCUT2D eigenvalue weighted by atomic mass is 35.5. The third-order valence-corrected chi connectivity index (χ3v) is 3.70. The highest BCUT2D eigenvalue weighted by Crippen LogP contribution is 2.31. The van der Waals surface area contributed by atoms with Crippen LogP contribution in [0.2, 0.25) is 5.02 Å². The van der Waals surface area contributed by atoms with Crippen molar-refractivity contribution in [3.63, 3.8) is 0 Å². The molecule has 2 aromatic carbocycles. The number of nitro groups is 1. The predicted octanol–water partition coefficient (Wildman–Crippen LogP) is 3.75. The lowest BCUT2D eigenvalue weighted by molar-refractivity contribution is -0.385. The van der Waals surface area contributed by atoms with Crippen molar-refractivity contribution in [2.75, 3.05) is 12.4 Å². The average molecular weight is 335 g/mol. The van der Waals surface area contributed by atoms with E-state index in [1.807, 2.05) is 0 Å². The Morgan fingerprint density at radius 1 is 1.35 bits per heavy atom. The van der Waals surface area contributed by atoms with Crippen LogP contribution in [-0.4, -0.2) is 17.9 Å². The van der Waals surface area contributed by atoms with Gasteiger partial charge in [0.2, 0.25) is 5.91 Å². The number of carbonyl (C=O) groups excluding carboxylic acids is 1. The summed E-state index contributed by atoms with van der Waals surface area (Å²) in [6, 6.07) is 9.45. The molecule has 0 fully saturated rings. The average Bonchev–Trinajstić information content (AvgIpc) is 2.50. The number of halogens is 1. The van der Waals surface area contributed by atoms with Crippen molar-refractivity contribution in [2.24, 2.45) is 0 Å². The number of carbonyl (C=O) groups is 1. The number of hydrogen-bond donors (Lipinski definition) is 1. The minimum atomic E-state index is -0.504. The van der Waals surface area contributed by atoms with Gasteiger partial charge in [0, 0.05) is 22.7 Å². The van der Waals surface area contributed by atoms with Crippen molar-refractivity contribution in [1.82, 2.24) is 0 Å². The van der Waals surface area contributed by atoms with Crippen molar-refractivity contribution in [2.45, 2.75) is 13.3 Å². The molecule has 0 aliphatic carbocycles. The number of nitro benzene ring substituents is 1. The Labute approximate surface area is 138 Å². The summed E-state index contributed by atoms with van der Waals surface area (Å²) in [5.74, 6) is 0.0517. The molecule has 7 heteroatoms. The van der Waals surface area contributed by atoms with Gasteiger partial charge < -0.3 is 10.1 Å². The van der Waals surface area contributed by atoms with Gasteiger partial charge in [-0.05, 0) is 18.6 Å². The molecule has 2 aromatic rings. The lowest BCUT2D eigenvalue weighted by atomic mass is 10.1. The third kappa shape index (κ3) is 3.98. The van der Waals surface area contributed by atoms with Crippen LogP contribution in [0.5, 0.6) is 5.75 Å². The van der Waals surface area contributed by atoms with E-state index in [-0.39, 0.29) is 18.0 Å². The molecule has 0 spiro atoms. The molecule has 0 radical (unpaired) electrons. The van der Waals surface area contributed by atoms with Gasteiger partial charge in [-0.15, -0.1) is 0 Å². The number of rotatable bonds is 5. The summed E-state index contributed by atoms with van der Waals surface area (Å²) in [7, 11) is 1.47. The zero-order valence-electron chi connectivity index (χ0n) is 12.6. The number of para-hydroxylation sites is 1. The molecule has 6 nitrogen and oxygen atoms in total. The Balaban J connectivity index is 2.21. The van der Waals surface area contributed by atoms with Crippen LogP contribution in [0, 0.1) is 17.0 Å². The van der Waals surface area contributed by atoms with Crippen LogP contribution in [0.25, 0.3) is 0 Å². The van der Waals surface area contributed by atoms with E-state index in [4.69, 9.17) is 16.3 Å². The van der Waals surface area contributed by atoms with Gasteiger partial charge in [-0.3, -0.25) is 14.9 Å². The third-order valence-electron chi connectivity index (χ3n) is 3.29. The standard InChI is InChI=1S/C16H15ClN2O4/c1-10-7-13(15(23-2)9-12(10)17)18-16(20)8-11-5-3-4-6-14(11)19(21)22/h3-7,9H,8H2,1-2H3,(H,18,20). The smallest absolute Gasteiger partial charge is 0.273 e. The minimum absolute atomic E-state index is 0.0816. The van der Waals surface area contributed by atoms with Gasteiger partial charge in [0.05, 0.1) is 24.1 Å². The first-order valence-electron chi connectivity index (χ1n) is 6.78. The molecule has 0 heterocycles. The number of nitrogens with zero attached hydrogens (tertiary/aromatic N) is 1. The Kier molecular flexibility index (Phi) is 5.18. The van der Waals surface area contributed by atoms with Gasteiger partial charge >= 0.3 is 0 Å². The molecule has 0 aliphatic rings. The van der Waals surface area contributed by atoms with E-state index in [0.717, 1.165) is 5.56 Å². The largest absolute Gasteiger partial charge is 0.495 e. The van der Waals surface area contributed by atoms with E-state index in [1.54, 1.807) is 37.3 Å². The maximum atomic E-state index is 12.2. The fourth-order valence-corrected chi connectivity index (χ4v) is 2.29. The number of aryl methyl sites for hydroxylation is 1. The molecule has 1 N–H and O–H groups in total. The van der Waals surface area contributed by atoms with Crippen molar-refractivity contribution in [3.8, 4) is 5.75 Å². The number of ether oxygens (including phenoxy) is 1. The Hall–Kier alpha value is -2.60. The molecule has 0 bridgehead atoms. The first-order valence-corrected chi connectivity index (χ1v) is 7.16. The van der Waals surface area contributed by atoms with Crippen LogP contribution in [-0.2, 0) is 11.2 Å². The molecular weight excluding hydrogens is 320 g/mol. The number of anilines is 1. The van der Waals surface area contributed by atoms with Gasteiger partial charge in [0.1, 0.15) is 5.75 Å². The number of methoxy groups -OCH3 is 1. The number of nitrogens with one attached hydrogen (secondary N) is 1. The van der Waals surface area contributed by atoms with Crippen LogP contribution in [0.15, 0.2) is 36.4 Å². The highest BCUT2D eigenvalue weighted by Gasteiger charge is 2.17. The monoisotopic (exact) mass is 334 g/mol. The van der Waals surface area contributed by atoms with Gasteiger partial charge in [-0.25, -0.2) is 0 Å². The van der Waals surface area contributed by atoms with E-state index < -0.39 is 4.92 Å². The maximum Gasteiger partial charge on any atom is 0.273 e. The van der Waals surface area contributed by atoms with Crippen molar-refractivity contribution < 1.29 is 14.5 Å². The molecule has 0 saturated heterocycles. The molecule has 23 heavy (non-hydrogen) atoms. The highest BCUT2D eigenvalue weighted by molar-refractivity contribution is 6.31. The molecular formula is C16H15ClN2O4. The minimum Gasteiger partial charge on any atom is -0.495 e. The summed E-state index contributed by atoms with van der Waals surface area (Å²) in [6.45, 7) is 1.81. The second-order valence-electron chi connectivity index (χ2n) is 4.91. The summed E-state index contributed by atoms with van der Waals surface area (Å²) >= 11 is 6.02. The summed E-state index contributed by atoms with van der Waals surface area (Å²) in [6.07, 6.45) is -0.109. The fraction of sp³-hybridized carbons (Fsp3) is 0.188. The lowest BCUT2D eigenvalue weighted by Crippen LogP contribution is -2.16. The van der Waals surface area contributed by atoms with Crippen molar-refractivity contribution in [1.29, 1.82) is 0 Å². The number of hydrogen-bond acceptors (Lipinski definition) is 4. The first kappa shape index (κ1) is 16.8. The molecule has 0 atom stereocenters. The molecule has 1 amide bonds. The second-order valence-corrected chi connectivity index (χ2v) is 5.32. The molecule has 0 aromatic heterocycles.